The Morgan fingerprint density at radius 3 is 2.69 bits per heavy atom. The summed E-state index contributed by atoms with van der Waals surface area (Å²) in [5.41, 5.74) is 2.12. The van der Waals surface area contributed by atoms with Crippen LogP contribution in [0.25, 0.3) is 11.4 Å². The van der Waals surface area contributed by atoms with E-state index < -0.39 is 0 Å². The number of aromatic nitrogens is 4. The summed E-state index contributed by atoms with van der Waals surface area (Å²) >= 11 is 7.34. The first-order valence-electron chi connectivity index (χ1n) is 10.1. The molecule has 0 aliphatic carbocycles. The average molecular weight is 468 g/mol. The SMILES string of the molecule is CC(C)c1nc(-c2ccccc2NC(=O)Cc2csc(COc3ccc(Cl)cc3)n2)n[nH]1. The highest BCUT2D eigenvalue weighted by molar-refractivity contribution is 7.09. The van der Waals surface area contributed by atoms with Gasteiger partial charge in [-0.1, -0.05) is 37.6 Å². The predicted octanol–water partition coefficient (Wildman–Crippen LogP) is 5.47. The lowest BCUT2D eigenvalue weighted by atomic mass is 10.1. The van der Waals surface area contributed by atoms with Gasteiger partial charge < -0.3 is 10.1 Å². The van der Waals surface area contributed by atoms with Gasteiger partial charge in [0.2, 0.25) is 5.91 Å². The number of H-pyrrole nitrogens is 1. The van der Waals surface area contributed by atoms with Crippen LogP contribution in [0.4, 0.5) is 5.69 Å². The van der Waals surface area contributed by atoms with Gasteiger partial charge in [0, 0.05) is 21.9 Å². The van der Waals surface area contributed by atoms with Gasteiger partial charge >= 0.3 is 0 Å². The highest BCUT2D eigenvalue weighted by atomic mass is 35.5. The van der Waals surface area contributed by atoms with E-state index in [4.69, 9.17) is 16.3 Å². The van der Waals surface area contributed by atoms with Crippen molar-refractivity contribution < 1.29 is 9.53 Å². The van der Waals surface area contributed by atoms with E-state index in [9.17, 15) is 4.79 Å². The third-order valence-electron chi connectivity index (χ3n) is 4.61. The van der Waals surface area contributed by atoms with Crippen molar-refractivity contribution in [3.05, 3.63) is 75.5 Å². The number of hydrogen-bond donors (Lipinski definition) is 2. The molecule has 164 valence electrons. The van der Waals surface area contributed by atoms with E-state index in [0.29, 0.717) is 34.6 Å². The Bertz CT molecular complexity index is 1200. The number of nitrogens with zero attached hydrogens (tertiary/aromatic N) is 3. The Balaban J connectivity index is 1.38. The van der Waals surface area contributed by atoms with E-state index in [0.717, 1.165) is 16.4 Å². The Morgan fingerprint density at radius 2 is 1.94 bits per heavy atom. The van der Waals surface area contributed by atoms with Gasteiger partial charge in [-0.05, 0) is 36.4 Å². The molecule has 1 amide bonds. The van der Waals surface area contributed by atoms with Gasteiger partial charge in [0.1, 0.15) is 23.2 Å². The molecule has 0 atom stereocenters. The smallest absolute Gasteiger partial charge is 0.230 e. The van der Waals surface area contributed by atoms with Crippen LogP contribution in [0.1, 0.15) is 36.3 Å². The molecule has 2 N–H and O–H groups in total. The molecule has 0 bridgehead atoms. The second kappa shape index (κ2) is 9.93. The number of amides is 1. The minimum Gasteiger partial charge on any atom is -0.486 e. The van der Waals surface area contributed by atoms with Crippen molar-refractivity contribution in [2.45, 2.75) is 32.8 Å². The van der Waals surface area contributed by atoms with Gasteiger partial charge in [-0.3, -0.25) is 9.89 Å². The molecule has 32 heavy (non-hydrogen) atoms. The van der Waals surface area contributed by atoms with Crippen LogP contribution < -0.4 is 10.1 Å². The molecule has 0 saturated heterocycles. The Labute approximate surface area is 194 Å². The molecule has 0 aliphatic heterocycles. The van der Waals surface area contributed by atoms with E-state index in [-0.39, 0.29) is 18.2 Å². The van der Waals surface area contributed by atoms with Crippen LogP contribution in [0.5, 0.6) is 5.75 Å². The Morgan fingerprint density at radius 1 is 1.16 bits per heavy atom. The summed E-state index contributed by atoms with van der Waals surface area (Å²) in [6.07, 6.45) is 0.164. The van der Waals surface area contributed by atoms with Crippen molar-refractivity contribution in [2.75, 3.05) is 5.32 Å². The second-order valence-electron chi connectivity index (χ2n) is 7.44. The van der Waals surface area contributed by atoms with Crippen LogP contribution in [0, 0.1) is 0 Å². The zero-order chi connectivity index (χ0) is 22.5. The van der Waals surface area contributed by atoms with Gasteiger partial charge in [-0.15, -0.1) is 11.3 Å². The third kappa shape index (κ3) is 5.52. The number of rotatable bonds is 8. The standard InChI is InChI=1S/C23H22ClN5O2S/c1-14(2)22-27-23(29-28-22)18-5-3-4-6-19(18)26-20(30)11-16-13-32-21(25-16)12-31-17-9-7-15(24)8-10-17/h3-10,13-14H,11-12H2,1-2H3,(H,26,30)(H,27,28,29). The molecule has 4 rings (SSSR count). The lowest BCUT2D eigenvalue weighted by Crippen LogP contribution is -2.15. The number of benzene rings is 2. The highest BCUT2D eigenvalue weighted by Crippen LogP contribution is 2.26. The van der Waals surface area contributed by atoms with Gasteiger partial charge in [-0.25, -0.2) is 9.97 Å². The summed E-state index contributed by atoms with van der Waals surface area (Å²) < 4.78 is 5.72. The van der Waals surface area contributed by atoms with E-state index in [1.165, 1.54) is 11.3 Å². The number of anilines is 1. The van der Waals surface area contributed by atoms with E-state index in [2.05, 4.69) is 25.5 Å². The maximum absolute atomic E-state index is 12.7. The van der Waals surface area contributed by atoms with E-state index in [1.54, 1.807) is 24.3 Å². The number of para-hydroxylation sites is 1. The van der Waals surface area contributed by atoms with Crippen molar-refractivity contribution in [3.8, 4) is 17.1 Å². The monoisotopic (exact) mass is 467 g/mol. The largest absolute Gasteiger partial charge is 0.486 e. The van der Waals surface area contributed by atoms with Crippen LogP contribution in [0.15, 0.2) is 53.9 Å². The first kappa shape index (κ1) is 22.0. The molecule has 0 radical (unpaired) electrons. The normalized spacial score (nSPS) is 11.0. The summed E-state index contributed by atoms with van der Waals surface area (Å²) in [5, 5.41) is 13.5. The summed E-state index contributed by atoms with van der Waals surface area (Å²) in [4.78, 5) is 21.7. The zero-order valence-electron chi connectivity index (χ0n) is 17.6. The molecular weight excluding hydrogens is 446 g/mol. The summed E-state index contributed by atoms with van der Waals surface area (Å²) in [7, 11) is 0. The van der Waals surface area contributed by atoms with Crippen LogP contribution in [0.3, 0.4) is 0 Å². The van der Waals surface area contributed by atoms with Gasteiger partial charge in [0.05, 0.1) is 17.8 Å². The molecule has 2 aromatic heterocycles. The topological polar surface area (TPSA) is 92.8 Å². The number of ether oxygens (including phenoxy) is 1. The fraction of sp³-hybridized carbons (Fsp3) is 0.217. The minimum atomic E-state index is -0.160. The fourth-order valence-corrected chi connectivity index (χ4v) is 3.80. The van der Waals surface area contributed by atoms with Crippen LogP contribution in [-0.2, 0) is 17.8 Å². The van der Waals surface area contributed by atoms with Crippen LogP contribution in [0.2, 0.25) is 5.02 Å². The average Bonchev–Trinajstić information content (AvgIpc) is 3.44. The molecule has 0 unspecified atom stereocenters. The number of aromatic amines is 1. The predicted molar refractivity (Wildman–Crippen MR) is 126 cm³/mol. The van der Waals surface area contributed by atoms with E-state index >= 15 is 0 Å². The molecule has 0 fully saturated rings. The van der Waals surface area contributed by atoms with Gasteiger partial charge in [-0.2, -0.15) is 5.10 Å². The van der Waals surface area contributed by atoms with Crippen molar-refractivity contribution in [2.24, 2.45) is 0 Å². The number of carbonyl (C=O) groups is 1. The first-order valence-corrected chi connectivity index (χ1v) is 11.4. The Kier molecular flexibility index (Phi) is 6.82. The van der Waals surface area contributed by atoms with Crippen LogP contribution >= 0.6 is 22.9 Å². The molecule has 4 aromatic rings. The minimum absolute atomic E-state index is 0.160. The molecule has 2 heterocycles. The van der Waals surface area contributed by atoms with Crippen LogP contribution in [-0.4, -0.2) is 26.1 Å². The number of halogens is 1. The summed E-state index contributed by atoms with van der Waals surface area (Å²) in [6, 6.07) is 14.6. The molecule has 2 aromatic carbocycles. The molecule has 9 heteroatoms. The number of carbonyl (C=O) groups excluding carboxylic acids is 1. The van der Waals surface area contributed by atoms with E-state index in [1.807, 2.05) is 43.5 Å². The maximum Gasteiger partial charge on any atom is 0.230 e. The lowest BCUT2D eigenvalue weighted by molar-refractivity contribution is -0.115. The first-order chi connectivity index (χ1) is 15.5. The maximum atomic E-state index is 12.7. The molecule has 0 spiro atoms. The summed E-state index contributed by atoms with van der Waals surface area (Å²) in [6.45, 7) is 4.42. The van der Waals surface area contributed by atoms with Crippen molar-refractivity contribution in [3.63, 3.8) is 0 Å². The van der Waals surface area contributed by atoms with Gasteiger partial charge in [0.15, 0.2) is 5.82 Å². The number of nitrogens with one attached hydrogen (secondary N) is 2. The molecule has 0 aliphatic rings. The van der Waals surface area contributed by atoms with Gasteiger partial charge in [0.25, 0.3) is 0 Å². The van der Waals surface area contributed by atoms with Crippen molar-refractivity contribution >= 4 is 34.5 Å². The molecule has 7 nitrogen and oxygen atoms in total. The lowest BCUT2D eigenvalue weighted by Gasteiger charge is -2.08. The second-order valence-corrected chi connectivity index (χ2v) is 8.82. The number of hydrogen-bond acceptors (Lipinski definition) is 6. The fourth-order valence-electron chi connectivity index (χ4n) is 2.97. The van der Waals surface area contributed by atoms with Crippen molar-refractivity contribution in [1.82, 2.24) is 20.2 Å². The zero-order valence-corrected chi connectivity index (χ0v) is 19.2. The van der Waals surface area contributed by atoms with Crippen molar-refractivity contribution in [1.29, 1.82) is 0 Å². The third-order valence-corrected chi connectivity index (χ3v) is 5.73. The quantitative estimate of drug-likeness (QED) is 0.358. The summed E-state index contributed by atoms with van der Waals surface area (Å²) in [5.74, 6) is 2.15. The molecule has 0 saturated carbocycles. The Hall–Kier alpha value is -3.23. The number of thiazole rings is 1. The highest BCUT2D eigenvalue weighted by Gasteiger charge is 2.15. The molecular formula is C23H22ClN5O2S.